The van der Waals surface area contributed by atoms with E-state index in [2.05, 4.69) is 36.0 Å². The minimum Gasteiger partial charge on any atom is -0.201 e. The highest BCUT2D eigenvalue weighted by molar-refractivity contribution is 6.42. The van der Waals surface area contributed by atoms with Gasteiger partial charge in [-0.25, -0.2) is 4.57 Å². The van der Waals surface area contributed by atoms with E-state index in [4.69, 9.17) is 23.2 Å². The van der Waals surface area contributed by atoms with Gasteiger partial charge in [0.2, 0.25) is 0 Å². The molecule has 142 valence electrons. The first-order valence-electron chi connectivity index (χ1n) is 10.1. The molecule has 0 saturated carbocycles. The van der Waals surface area contributed by atoms with Gasteiger partial charge in [-0.1, -0.05) is 87.6 Å². The second-order valence-corrected chi connectivity index (χ2v) is 8.02. The summed E-state index contributed by atoms with van der Waals surface area (Å²) in [5.74, 6) is 0. The smallest absolute Gasteiger partial charge is 0.173 e. The first-order chi connectivity index (χ1) is 12.7. The largest absolute Gasteiger partial charge is 0.201 e. The highest BCUT2D eigenvalue weighted by Gasteiger charge is 2.06. The molecule has 0 N–H and O–H groups in total. The van der Waals surface area contributed by atoms with E-state index < -0.39 is 0 Å². The van der Waals surface area contributed by atoms with Crippen molar-refractivity contribution in [3.63, 3.8) is 0 Å². The Morgan fingerprint density at radius 1 is 0.692 bits per heavy atom. The first-order valence-corrected chi connectivity index (χ1v) is 10.9. The molecule has 0 spiro atoms. The monoisotopic (exact) mass is 392 g/mol. The van der Waals surface area contributed by atoms with Gasteiger partial charge in [0.15, 0.2) is 18.9 Å². The molecule has 0 fully saturated rings. The second-order valence-electron chi connectivity index (χ2n) is 7.21. The SMILES string of the molecule is CCCCCCCCCCCc1cc[n+](Cc2ccc(Cl)c(Cl)c2)cc1. The van der Waals surface area contributed by atoms with E-state index in [0.717, 1.165) is 12.1 Å². The molecule has 0 aliphatic rings. The van der Waals surface area contributed by atoms with Crippen LogP contribution in [0.4, 0.5) is 0 Å². The third kappa shape index (κ3) is 8.10. The summed E-state index contributed by atoms with van der Waals surface area (Å²) in [7, 11) is 0. The number of rotatable bonds is 12. The Balaban J connectivity index is 1.63. The van der Waals surface area contributed by atoms with Crippen LogP contribution in [0, 0.1) is 0 Å². The van der Waals surface area contributed by atoms with E-state index in [1.165, 1.54) is 69.8 Å². The standard InChI is InChI=1S/C23H32Cl2N/c1-2-3-4-5-6-7-8-9-10-11-20-14-16-26(17-15-20)19-21-12-13-22(24)23(25)18-21/h12-18H,2-11,19H2,1H3/q+1. The zero-order valence-corrected chi connectivity index (χ0v) is 17.5. The van der Waals surface area contributed by atoms with Crippen molar-refractivity contribution in [3.8, 4) is 0 Å². The highest BCUT2D eigenvalue weighted by atomic mass is 35.5. The lowest BCUT2D eigenvalue weighted by Crippen LogP contribution is -2.33. The van der Waals surface area contributed by atoms with Gasteiger partial charge >= 0.3 is 0 Å². The highest BCUT2D eigenvalue weighted by Crippen LogP contribution is 2.22. The molecule has 0 amide bonds. The molecule has 3 heteroatoms. The van der Waals surface area contributed by atoms with Crippen LogP contribution in [-0.2, 0) is 13.0 Å². The van der Waals surface area contributed by atoms with Gasteiger partial charge in [-0.05, 0) is 30.5 Å². The molecule has 1 aromatic heterocycles. The van der Waals surface area contributed by atoms with Crippen molar-refractivity contribution in [1.82, 2.24) is 0 Å². The maximum absolute atomic E-state index is 6.09. The molecular formula is C23H32Cl2N+. The van der Waals surface area contributed by atoms with E-state index in [9.17, 15) is 0 Å². The number of aryl methyl sites for hydroxylation is 1. The lowest BCUT2D eigenvalue weighted by Gasteiger charge is -2.03. The number of pyridine rings is 1. The maximum atomic E-state index is 6.09. The third-order valence-electron chi connectivity index (χ3n) is 4.88. The average Bonchev–Trinajstić information content (AvgIpc) is 2.65. The van der Waals surface area contributed by atoms with E-state index in [1.807, 2.05) is 18.2 Å². The predicted octanol–water partition coefficient (Wildman–Crippen LogP) is 7.40. The summed E-state index contributed by atoms with van der Waals surface area (Å²) in [4.78, 5) is 0. The molecule has 2 aromatic rings. The van der Waals surface area contributed by atoms with Gasteiger partial charge in [0.1, 0.15) is 0 Å². The Morgan fingerprint density at radius 2 is 1.31 bits per heavy atom. The van der Waals surface area contributed by atoms with Crippen molar-refractivity contribution < 1.29 is 4.57 Å². The lowest BCUT2D eigenvalue weighted by atomic mass is 10.0. The topological polar surface area (TPSA) is 3.88 Å². The molecule has 1 heterocycles. The normalized spacial score (nSPS) is 11.0. The van der Waals surface area contributed by atoms with E-state index in [1.54, 1.807) is 0 Å². The number of benzene rings is 1. The molecule has 0 unspecified atom stereocenters. The number of aromatic nitrogens is 1. The van der Waals surface area contributed by atoms with E-state index >= 15 is 0 Å². The second kappa shape index (κ2) is 12.4. The van der Waals surface area contributed by atoms with Crippen LogP contribution in [0.25, 0.3) is 0 Å². The van der Waals surface area contributed by atoms with Gasteiger partial charge in [0, 0.05) is 17.7 Å². The Bertz CT molecular complexity index is 637. The molecule has 2 rings (SSSR count). The summed E-state index contributed by atoms with van der Waals surface area (Å²) < 4.78 is 2.18. The van der Waals surface area contributed by atoms with Crippen molar-refractivity contribution in [2.75, 3.05) is 0 Å². The summed E-state index contributed by atoms with van der Waals surface area (Å²) in [5, 5.41) is 1.23. The van der Waals surface area contributed by atoms with Crippen LogP contribution in [0.15, 0.2) is 42.7 Å². The lowest BCUT2D eigenvalue weighted by molar-refractivity contribution is -0.688. The molecule has 0 bridgehead atoms. The van der Waals surface area contributed by atoms with Crippen molar-refractivity contribution in [3.05, 3.63) is 63.9 Å². The fraction of sp³-hybridized carbons (Fsp3) is 0.522. The minimum absolute atomic E-state index is 0.608. The fourth-order valence-electron chi connectivity index (χ4n) is 3.25. The number of hydrogen-bond donors (Lipinski definition) is 0. The third-order valence-corrected chi connectivity index (χ3v) is 5.62. The zero-order chi connectivity index (χ0) is 18.6. The Kier molecular flexibility index (Phi) is 10.1. The number of unbranched alkanes of at least 4 members (excludes halogenated alkanes) is 8. The Morgan fingerprint density at radius 3 is 1.92 bits per heavy atom. The van der Waals surface area contributed by atoms with Crippen LogP contribution < -0.4 is 4.57 Å². The summed E-state index contributed by atoms with van der Waals surface area (Å²) in [6.45, 7) is 3.09. The van der Waals surface area contributed by atoms with Crippen LogP contribution in [0.3, 0.4) is 0 Å². The number of halogens is 2. The zero-order valence-electron chi connectivity index (χ0n) is 16.0. The Labute approximate surface area is 169 Å². The molecule has 0 radical (unpaired) electrons. The average molecular weight is 393 g/mol. The van der Waals surface area contributed by atoms with Crippen molar-refractivity contribution in [2.24, 2.45) is 0 Å². The van der Waals surface area contributed by atoms with Crippen molar-refractivity contribution in [2.45, 2.75) is 77.7 Å². The van der Waals surface area contributed by atoms with Crippen molar-refractivity contribution >= 4 is 23.2 Å². The summed E-state index contributed by atoms with van der Waals surface area (Å²) in [6.07, 6.45) is 17.9. The minimum atomic E-state index is 0.608. The fourth-order valence-corrected chi connectivity index (χ4v) is 3.57. The predicted molar refractivity (Wildman–Crippen MR) is 113 cm³/mol. The first kappa shape index (κ1) is 21.3. The van der Waals surface area contributed by atoms with E-state index in [-0.39, 0.29) is 0 Å². The molecule has 1 nitrogen and oxygen atoms in total. The molecule has 26 heavy (non-hydrogen) atoms. The van der Waals surface area contributed by atoms with Gasteiger partial charge < -0.3 is 0 Å². The quantitative estimate of drug-likeness (QED) is 0.261. The van der Waals surface area contributed by atoms with Crippen LogP contribution in [-0.4, -0.2) is 0 Å². The van der Waals surface area contributed by atoms with Crippen LogP contribution in [0.2, 0.25) is 10.0 Å². The summed E-state index contributed by atoms with van der Waals surface area (Å²) in [6, 6.07) is 10.3. The summed E-state index contributed by atoms with van der Waals surface area (Å²) in [5.41, 5.74) is 2.59. The molecule has 0 aliphatic heterocycles. The van der Waals surface area contributed by atoms with Crippen LogP contribution >= 0.6 is 23.2 Å². The number of nitrogens with zero attached hydrogens (tertiary/aromatic N) is 1. The molecule has 1 aromatic carbocycles. The van der Waals surface area contributed by atoms with Gasteiger partial charge in [0.25, 0.3) is 0 Å². The molecular weight excluding hydrogens is 361 g/mol. The maximum Gasteiger partial charge on any atom is 0.173 e. The Hall–Kier alpha value is -1.05. The van der Waals surface area contributed by atoms with Crippen molar-refractivity contribution in [1.29, 1.82) is 0 Å². The summed E-state index contributed by atoms with van der Waals surface area (Å²) >= 11 is 12.1. The molecule has 0 aliphatic carbocycles. The van der Waals surface area contributed by atoms with E-state index in [0.29, 0.717) is 10.0 Å². The van der Waals surface area contributed by atoms with Gasteiger partial charge in [-0.2, -0.15) is 0 Å². The van der Waals surface area contributed by atoms with Crippen LogP contribution in [0.5, 0.6) is 0 Å². The number of hydrogen-bond acceptors (Lipinski definition) is 0. The van der Waals surface area contributed by atoms with Gasteiger partial charge in [-0.15, -0.1) is 0 Å². The molecule has 0 atom stereocenters. The van der Waals surface area contributed by atoms with Gasteiger partial charge in [-0.3, -0.25) is 0 Å². The van der Waals surface area contributed by atoms with Gasteiger partial charge in [0.05, 0.1) is 10.0 Å². The van der Waals surface area contributed by atoms with Crippen LogP contribution in [0.1, 0.15) is 75.8 Å². The molecule has 0 saturated heterocycles.